The zero-order valence-corrected chi connectivity index (χ0v) is 11.7. The Morgan fingerprint density at radius 3 is 2.81 bits per heavy atom. The molecule has 1 aromatic heterocycles. The lowest BCUT2D eigenvalue weighted by Crippen LogP contribution is -2.47. The highest BCUT2D eigenvalue weighted by atomic mass is 16.2. The molecule has 21 heavy (non-hydrogen) atoms. The molecule has 1 aliphatic rings. The quantitative estimate of drug-likeness (QED) is 0.841. The number of hydrogen-bond acceptors (Lipinski definition) is 1. The molecule has 106 valence electrons. The van der Waals surface area contributed by atoms with E-state index >= 15 is 0 Å². The minimum absolute atomic E-state index is 0.0762. The van der Waals surface area contributed by atoms with Crippen LogP contribution in [0.4, 0.5) is 4.79 Å². The molecular formula is C17H17N3O. The Hall–Kier alpha value is -2.67. The predicted molar refractivity (Wildman–Crippen MR) is 81.7 cm³/mol. The number of rotatable bonds is 2. The van der Waals surface area contributed by atoms with Gasteiger partial charge in [-0.15, -0.1) is 6.42 Å². The molecule has 1 aliphatic heterocycles. The fourth-order valence-electron chi connectivity index (χ4n) is 2.82. The summed E-state index contributed by atoms with van der Waals surface area (Å²) in [5, 5.41) is 2.77. The van der Waals surface area contributed by atoms with Crippen molar-refractivity contribution in [1.29, 1.82) is 0 Å². The van der Waals surface area contributed by atoms with Gasteiger partial charge in [0.25, 0.3) is 0 Å². The maximum atomic E-state index is 12.4. The molecule has 0 saturated heterocycles. The molecule has 4 nitrogen and oxygen atoms in total. The van der Waals surface area contributed by atoms with Gasteiger partial charge in [-0.3, -0.25) is 0 Å². The number of amides is 2. The first-order valence-corrected chi connectivity index (χ1v) is 6.99. The summed E-state index contributed by atoms with van der Waals surface area (Å²) in [7, 11) is 0. The van der Waals surface area contributed by atoms with Gasteiger partial charge >= 0.3 is 6.03 Å². The van der Waals surface area contributed by atoms with Crippen LogP contribution in [0.15, 0.2) is 48.7 Å². The number of carbonyl (C=O) groups excluding carboxylic acids is 1. The van der Waals surface area contributed by atoms with E-state index in [1.165, 1.54) is 0 Å². The third-order valence-electron chi connectivity index (χ3n) is 3.76. The maximum Gasteiger partial charge on any atom is 0.319 e. The van der Waals surface area contributed by atoms with Gasteiger partial charge in [-0.25, -0.2) is 4.79 Å². The molecule has 2 heterocycles. The summed E-state index contributed by atoms with van der Waals surface area (Å²) in [6, 6.07) is 14.0. The highest BCUT2D eigenvalue weighted by Gasteiger charge is 2.31. The number of nitrogens with zero attached hydrogens (tertiary/aromatic N) is 2. The zero-order valence-electron chi connectivity index (χ0n) is 11.7. The molecule has 0 radical (unpaired) electrons. The van der Waals surface area contributed by atoms with Crippen molar-refractivity contribution >= 4 is 6.03 Å². The van der Waals surface area contributed by atoms with Crippen LogP contribution in [-0.4, -0.2) is 28.6 Å². The summed E-state index contributed by atoms with van der Waals surface area (Å²) in [4.78, 5) is 14.2. The molecule has 0 spiro atoms. The number of urea groups is 1. The first-order valence-electron chi connectivity index (χ1n) is 6.99. The maximum absolute atomic E-state index is 12.4. The Kier molecular flexibility index (Phi) is 3.65. The number of carbonyl (C=O) groups is 1. The molecule has 0 fully saturated rings. The van der Waals surface area contributed by atoms with Crippen LogP contribution >= 0.6 is 0 Å². The Morgan fingerprint density at radius 1 is 1.24 bits per heavy atom. The van der Waals surface area contributed by atoms with Crippen molar-refractivity contribution in [2.75, 3.05) is 13.1 Å². The molecule has 1 N–H and O–H groups in total. The Balaban J connectivity index is 1.97. The van der Waals surface area contributed by atoms with E-state index in [2.05, 4.69) is 40.2 Å². The van der Waals surface area contributed by atoms with Gasteiger partial charge in [-0.05, 0) is 17.7 Å². The Bertz CT molecular complexity index is 669. The second-order valence-corrected chi connectivity index (χ2v) is 5.00. The molecule has 0 bridgehead atoms. The van der Waals surface area contributed by atoms with Gasteiger partial charge in [-0.2, -0.15) is 0 Å². The lowest BCUT2D eigenvalue weighted by molar-refractivity contribution is 0.170. The van der Waals surface area contributed by atoms with Gasteiger partial charge < -0.3 is 14.8 Å². The minimum atomic E-state index is -0.116. The van der Waals surface area contributed by atoms with E-state index in [1.54, 1.807) is 0 Å². The van der Waals surface area contributed by atoms with Crippen molar-refractivity contribution in [3.05, 3.63) is 59.9 Å². The van der Waals surface area contributed by atoms with Crippen molar-refractivity contribution in [1.82, 2.24) is 14.8 Å². The molecule has 0 saturated carbocycles. The largest absolute Gasteiger partial charge is 0.348 e. The normalized spacial score (nSPS) is 16.9. The summed E-state index contributed by atoms with van der Waals surface area (Å²) in [5.41, 5.74) is 2.23. The number of hydrogen-bond donors (Lipinski definition) is 1. The van der Waals surface area contributed by atoms with E-state index in [9.17, 15) is 4.79 Å². The molecular weight excluding hydrogens is 262 g/mol. The third kappa shape index (κ3) is 2.50. The molecule has 0 unspecified atom stereocenters. The van der Waals surface area contributed by atoms with Crippen LogP contribution in [0.3, 0.4) is 0 Å². The topological polar surface area (TPSA) is 37.3 Å². The van der Waals surface area contributed by atoms with Crippen LogP contribution in [0.2, 0.25) is 0 Å². The highest BCUT2D eigenvalue weighted by molar-refractivity contribution is 5.75. The third-order valence-corrected chi connectivity index (χ3v) is 3.76. The van der Waals surface area contributed by atoms with Crippen LogP contribution < -0.4 is 5.32 Å². The number of fused-ring (bicyclic) bond motifs is 1. The lowest BCUT2D eigenvalue weighted by Gasteiger charge is -2.37. The van der Waals surface area contributed by atoms with Gasteiger partial charge in [-0.1, -0.05) is 36.3 Å². The molecule has 2 aromatic rings. The minimum Gasteiger partial charge on any atom is -0.348 e. The van der Waals surface area contributed by atoms with Gasteiger partial charge in [0.2, 0.25) is 0 Å². The van der Waals surface area contributed by atoms with Crippen LogP contribution in [-0.2, 0) is 6.54 Å². The smallest absolute Gasteiger partial charge is 0.319 e. The van der Waals surface area contributed by atoms with Crippen molar-refractivity contribution in [2.45, 2.75) is 12.6 Å². The average molecular weight is 279 g/mol. The molecule has 1 atom stereocenters. The zero-order chi connectivity index (χ0) is 14.7. The summed E-state index contributed by atoms with van der Waals surface area (Å²) >= 11 is 0. The van der Waals surface area contributed by atoms with E-state index in [1.807, 2.05) is 29.2 Å². The van der Waals surface area contributed by atoms with Crippen molar-refractivity contribution in [2.24, 2.45) is 0 Å². The first kappa shape index (κ1) is 13.3. The number of terminal acetylenes is 1. The van der Waals surface area contributed by atoms with E-state index in [0.717, 1.165) is 17.8 Å². The number of nitrogens with one attached hydrogen (secondary N) is 1. The van der Waals surface area contributed by atoms with E-state index < -0.39 is 0 Å². The second-order valence-electron chi connectivity index (χ2n) is 5.00. The fourth-order valence-corrected chi connectivity index (χ4v) is 2.82. The summed E-state index contributed by atoms with van der Waals surface area (Å²) in [6.07, 6.45) is 7.28. The van der Waals surface area contributed by atoms with E-state index in [4.69, 9.17) is 6.42 Å². The standard InChI is InChI=1S/C17H17N3O/c1-2-10-18-17(21)20-13-12-19-11-6-9-15(19)16(20)14-7-4-3-5-8-14/h1,3-9,11,16H,10,12-13H2,(H,18,21)/t16-/m1/s1. The van der Waals surface area contributed by atoms with Gasteiger partial charge in [0.15, 0.2) is 0 Å². The van der Waals surface area contributed by atoms with Gasteiger partial charge in [0.05, 0.1) is 12.6 Å². The number of aromatic nitrogens is 1. The lowest BCUT2D eigenvalue weighted by atomic mass is 10.0. The van der Waals surface area contributed by atoms with Crippen LogP contribution in [0.25, 0.3) is 0 Å². The SMILES string of the molecule is C#CCNC(=O)N1CCn2cccc2[C@H]1c1ccccc1. The van der Waals surface area contributed by atoms with Gasteiger partial charge in [0.1, 0.15) is 0 Å². The van der Waals surface area contributed by atoms with Crippen molar-refractivity contribution < 1.29 is 4.79 Å². The molecule has 1 aromatic carbocycles. The summed E-state index contributed by atoms with van der Waals surface area (Å²) in [6.45, 7) is 1.71. The monoisotopic (exact) mass is 279 g/mol. The molecule has 4 heteroatoms. The summed E-state index contributed by atoms with van der Waals surface area (Å²) < 4.78 is 2.20. The van der Waals surface area contributed by atoms with Crippen molar-refractivity contribution in [3.63, 3.8) is 0 Å². The Labute approximate surface area is 124 Å². The molecule has 0 aliphatic carbocycles. The van der Waals surface area contributed by atoms with E-state index in [0.29, 0.717) is 6.54 Å². The second kappa shape index (κ2) is 5.76. The fraction of sp³-hybridized carbons (Fsp3) is 0.235. The average Bonchev–Trinajstić information content (AvgIpc) is 3.01. The predicted octanol–water partition coefficient (Wildman–Crippen LogP) is 2.24. The van der Waals surface area contributed by atoms with Crippen LogP contribution in [0.1, 0.15) is 17.3 Å². The molecule has 2 amide bonds. The van der Waals surface area contributed by atoms with Crippen LogP contribution in [0.5, 0.6) is 0 Å². The van der Waals surface area contributed by atoms with Crippen molar-refractivity contribution in [3.8, 4) is 12.3 Å². The Morgan fingerprint density at radius 2 is 2.05 bits per heavy atom. The molecule has 3 rings (SSSR count). The van der Waals surface area contributed by atoms with E-state index in [-0.39, 0.29) is 18.6 Å². The van der Waals surface area contributed by atoms with Gasteiger partial charge in [0, 0.05) is 25.0 Å². The highest BCUT2D eigenvalue weighted by Crippen LogP contribution is 2.32. The summed E-state index contributed by atoms with van der Waals surface area (Å²) in [5.74, 6) is 2.44. The first-order chi connectivity index (χ1) is 10.3. The van der Waals surface area contributed by atoms with Crippen LogP contribution in [0, 0.1) is 12.3 Å². The number of benzene rings is 1.